The van der Waals surface area contributed by atoms with Crippen molar-refractivity contribution in [2.45, 2.75) is 63.3 Å². The molecule has 1 aliphatic rings. The zero-order chi connectivity index (χ0) is 14.8. The summed E-state index contributed by atoms with van der Waals surface area (Å²) in [5, 5.41) is -0.315. The number of rotatable bonds is 6. The summed E-state index contributed by atoms with van der Waals surface area (Å²) in [5.41, 5.74) is 5.65. The van der Waals surface area contributed by atoms with E-state index in [0.717, 1.165) is 25.7 Å². The van der Waals surface area contributed by atoms with Gasteiger partial charge in [-0.1, -0.05) is 20.3 Å². The lowest BCUT2D eigenvalue weighted by Gasteiger charge is -2.45. The smallest absolute Gasteiger partial charge is 0.152 e. The highest BCUT2D eigenvalue weighted by atomic mass is 32.2. The summed E-state index contributed by atoms with van der Waals surface area (Å²) in [4.78, 5) is 2.24. The molecule has 114 valence electrons. The third-order valence-electron chi connectivity index (χ3n) is 4.72. The van der Waals surface area contributed by atoms with E-state index in [1.54, 1.807) is 0 Å². The van der Waals surface area contributed by atoms with Crippen LogP contribution < -0.4 is 5.73 Å². The van der Waals surface area contributed by atoms with Crippen molar-refractivity contribution in [2.24, 2.45) is 11.7 Å². The fraction of sp³-hybridized carbons (Fsp3) is 1.00. The van der Waals surface area contributed by atoms with E-state index < -0.39 is 9.84 Å². The molecule has 1 fully saturated rings. The van der Waals surface area contributed by atoms with Gasteiger partial charge in [-0.3, -0.25) is 4.90 Å². The molecule has 2 N–H and O–H groups in total. The summed E-state index contributed by atoms with van der Waals surface area (Å²) in [5.74, 6) is 0.602. The topological polar surface area (TPSA) is 63.4 Å². The van der Waals surface area contributed by atoms with Crippen molar-refractivity contribution in [3.8, 4) is 0 Å². The van der Waals surface area contributed by atoms with Crippen molar-refractivity contribution in [3.05, 3.63) is 0 Å². The molecule has 0 amide bonds. The molecule has 1 aliphatic carbocycles. The Bertz CT molecular complexity index is 394. The van der Waals surface area contributed by atoms with Crippen LogP contribution in [0.5, 0.6) is 0 Å². The monoisotopic (exact) mass is 290 g/mol. The van der Waals surface area contributed by atoms with E-state index in [0.29, 0.717) is 18.5 Å². The fourth-order valence-corrected chi connectivity index (χ4v) is 5.47. The van der Waals surface area contributed by atoms with E-state index >= 15 is 0 Å². The Morgan fingerprint density at radius 2 is 1.95 bits per heavy atom. The Morgan fingerprint density at radius 1 is 1.37 bits per heavy atom. The Balaban J connectivity index is 3.02. The highest BCUT2D eigenvalue weighted by Crippen LogP contribution is 2.39. The maximum absolute atomic E-state index is 12.1. The molecular formula is C14H30N2O2S. The molecule has 0 saturated heterocycles. The predicted molar refractivity (Wildman–Crippen MR) is 80.9 cm³/mol. The number of nitrogens with zero attached hydrogens (tertiary/aromatic N) is 1. The van der Waals surface area contributed by atoms with E-state index in [9.17, 15) is 8.42 Å². The predicted octanol–water partition coefficient (Wildman–Crippen LogP) is 1.65. The van der Waals surface area contributed by atoms with Gasteiger partial charge in [0.1, 0.15) is 0 Å². The van der Waals surface area contributed by atoms with Gasteiger partial charge in [-0.2, -0.15) is 0 Å². The molecule has 19 heavy (non-hydrogen) atoms. The number of hydrogen-bond acceptors (Lipinski definition) is 4. The Hall–Kier alpha value is -0.130. The van der Waals surface area contributed by atoms with Gasteiger partial charge in [-0.05, 0) is 39.2 Å². The van der Waals surface area contributed by atoms with E-state index in [1.807, 2.05) is 7.05 Å². The largest absolute Gasteiger partial charge is 0.329 e. The molecule has 0 aromatic carbocycles. The van der Waals surface area contributed by atoms with Gasteiger partial charge in [0.15, 0.2) is 9.84 Å². The minimum atomic E-state index is -3.05. The number of sulfone groups is 1. The summed E-state index contributed by atoms with van der Waals surface area (Å²) in [7, 11) is -1.01. The first-order valence-electron chi connectivity index (χ1n) is 7.27. The first kappa shape index (κ1) is 16.9. The van der Waals surface area contributed by atoms with Gasteiger partial charge in [0.05, 0.1) is 5.25 Å². The Labute approximate surface area is 118 Å². The number of hydrogen-bond donors (Lipinski definition) is 1. The fourth-order valence-electron chi connectivity index (χ4n) is 3.70. The van der Waals surface area contributed by atoms with Crippen molar-refractivity contribution >= 4 is 9.84 Å². The average molecular weight is 290 g/mol. The minimum absolute atomic E-state index is 0.315. The molecule has 0 aliphatic heterocycles. The van der Waals surface area contributed by atoms with Crippen LogP contribution in [-0.4, -0.2) is 50.0 Å². The van der Waals surface area contributed by atoms with Crippen LogP contribution in [-0.2, 0) is 9.84 Å². The lowest BCUT2D eigenvalue weighted by Crippen LogP contribution is -2.61. The lowest BCUT2D eigenvalue weighted by atomic mass is 9.91. The summed E-state index contributed by atoms with van der Waals surface area (Å²) < 4.78 is 24.2. The molecule has 0 bridgehead atoms. The number of likely N-dealkylation sites (N-methyl/N-ethyl adjacent to an activating group) is 1. The van der Waals surface area contributed by atoms with Crippen LogP contribution in [0.1, 0.15) is 46.5 Å². The second-order valence-electron chi connectivity index (χ2n) is 6.61. The highest BCUT2D eigenvalue weighted by Gasteiger charge is 2.50. The molecule has 0 aromatic rings. The summed E-state index contributed by atoms with van der Waals surface area (Å²) in [6.45, 7) is 6.99. The van der Waals surface area contributed by atoms with Gasteiger partial charge >= 0.3 is 0 Å². The summed E-state index contributed by atoms with van der Waals surface area (Å²) in [6, 6.07) is 0.353. The van der Waals surface area contributed by atoms with Crippen LogP contribution in [0.4, 0.5) is 0 Å². The van der Waals surface area contributed by atoms with Gasteiger partial charge < -0.3 is 5.73 Å². The molecule has 0 heterocycles. The Kier molecular flexibility index (Phi) is 5.43. The molecule has 0 aromatic heterocycles. The van der Waals surface area contributed by atoms with Crippen LogP contribution in [0.25, 0.3) is 0 Å². The Morgan fingerprint density at radius 3 is 2.37 bits per heavy atom. The SMILES string of the molecule is CC(C)CC(C)N(C)C1(CN)CCCC1S(C)(=O)=O. The maximum Gasteiger partial charge on any atom is 0.152 e. The van der Waals surface area contributed by atoms with Crippen molar-refractivity contribution in [2.75, 3.05) is 19.8 Å². The molecule has 0 spiro atoms. The molecule has 4 nitrogen and oxygen atoms in total. The lowest BCUT2D eigenvalue weighted by molar-refractivity contribution is 0.0815. The van der Waals surface area contributed by atoms with Gasteiger partial charge in [0.2, 0.25) is 0 Å². The third kappa shape index (κ3) is 3.50. The van der Waals surface area contributed by atoms with E-state index in [2.05, 4.69) is 25.7 Å². The molecule has 5 heteroatoms. The molecule has 3 atom stereocenters. The van der Waals surface area contributed by atoms with E-state index in [-0.39, 0.29) is 10.8 Å². The van der Waals surface area contributed by atoms with Crippen molar-refractivity contribution in [1.29, 1.82) is 0 Å². The first-order chi connectivity index (χ1) is 8.65. The van der Waals surface area contributed by atoms with Crippen molar-refractivity contribution < 1.29 is 8.42 Å². The minimum Gasteiger partial charge on any atom is -0.329 e. The van der Waals surface area contributed by atoms with E-state index in [1.165, 1.54) is 6.26 Å². The third-order valence-corrected chi connectivity index (χ3v) is 6.43. The van der Waals surface area contributed by atoms with Gasteiger partial charge in [-0.15, -0.1) is 0 Å². The first-order valence-corrected chi connectivity index (χ1v) is 9.22. The highest BCUT2D eigenvalue weighted by molar-refractivity contribution is 7.91. The van der Waals surface area contributed by atoms with Gasteiger partial charge in [0, 0.05) is 24.4 Å². The molecular weight excluding hydrogens is 260 g/mol. The zero-order valence-corrected chi connectivity index (χ0v) is 13.8. The summed E-state index contributed by atoms with van der Waals surface area (Å²) in [6.07, 6.45) is 5.01. The summed E-state index contributed by atoms with van der Waals surface area (Å²) >= 11 is 0. The second kappa shape index (κ2) is 6.10. The second-order valence-corrected chi connectivity index (χ2v) is 8.84. The van der Waals surface area contributed by atoms with Crippen LogP contribution in [0, 0.1) is 5.92 Å². The van der Waals surface area contributed by atoms with Crippen LogP contribution >= 0.6 is 0 Å². The van der Waals surface area contributed by atoms with Crippen molar-refractivity contribution in [1.82, 2.24) is 4.90 Å². The standard InChI is InChI=1S/C14H30N2O2S/c1-11(2)9-12(3)16(4)14(10-15)8-6-7-13(14)19(5,17)18/h11-13H,6-10,15H2,1-5H3. The van der Waals surface area contributed by atoms with Crippen LogP contribution in [0.15, 0.2) is 0 Å². The molecule has 1 saturated carbocycles. The normalized spacial score (nSPS) is 30.2. The van der Waals surface area contributed by atoms with Gasteiger partial charge in [0.25, 0.3) is 0 Å². The van der Waals surface area contributed by atoms with Crippen LogP contribution in [0.2, 0.25) is 0 Å². The van der Waals surface area contributed by atoms with Crippen LogP contribution in [0.3, 0.4) is 0 Å². The number of nitrogens with two attached hydrogens (primary N) is 1. The van der Waals surface area contributed by atoms with Gasteiger partial charge in [-0.25, -0.2) is 8.42 Å². The quantitative estimate of drug-likeness (QED) is 0.808. The zero-order valence-electron chi connectivity index (χ0n) is 13.0. The average Bonchev–Trinajstić information content (AvgIpc) is 2.71. The van der Waals surface area contributed by atoms with Crippen molar-refractivity contribution in [3.63, 3.8) is 0 Å². The maximum atomic E-state index is 12.1. The molecule has 0 radical (unpaired) electrons. The molecule has 3 unspecified atom stereocenters. The molecule has 1 rings (SSSR count). The van der Waals surface area contributed by atoms with E-state index in [4.69, 9.17) is 5.73 Å².